The average molecular weight is 416 g/mol. The van der Waals surface area contributed by atoms with Crippen molar-refractivity contribution in [1.29, 1.82) is 0 Å². The highest BCUT2D eigenvalue weighted by Crippen LogP contribution is 2.39. The second kappa shape index (κ2) is 6.57. The molecule has 0 bridgehead atoms. The van der Waals surface area contributed by atoms with Crippen LogP contribution in [0.2, 0.25) is 0 Å². The van der Waals surface area contributed by atoms with Crippen LogP contribution in [0.4, 0.5) is 0 Å². The SMILES string of the molecule is C#Cc1nc(C(Cl)(Cl)Cl)nc(C(Cl)(Cl)Cl)n1.c1cc2ccc1-2. The van der Waals surface area contributed by atoms with Crippen molar-refractivity contribution in [1.82, 2.24) is 15.0 Å². The van der Waals surface area contributed by atoms with Gasteiger partial charge in [0.25, 0.3) is 0 Å². The molecule has 22 heavy (non-hydrogen) atoms. The lowest BCUT2D eigenvalue weighted by molar-refractivity contribution is 0.833. The van der Waals surface area contributed by atoms with Crippen LogP contribution in [0, 0.1) is 12.3 Å². The van der Waals surface area contributed by atoms with Crippen molar-refractivity contribution in [3.8, 4) is 23.5 Å². The third-order valence-electron chi connectivity index (χ3n) is 2.49. The van der Waals surface area contributed by atoms with Crippen molar-refractivity contribution in [3.63, 3.8) is 0 Å². The quantitative estimate of drug-likeness (QED) is 0.375. The number of hydrogen-bond donors (Lipinski definition) is 0. The maximum Gasteiger partial charge on any atom is 0.250 e. The molecule has 0 atom stereocenters. The standard InChI is InChI=1S/C7HCl6N3.C6H4/c1-2-3-14-4(6(8,9)10)16-5(15-3)7(11,12)13;1-2-6-4-3-5(1)6/h1H;1-4H. The zero-order valence-electron chi connectivity index (χ0n) is 10.5. The summed E-state index contributed by atoms with van der Waals surface area (Å²) in [6, 6.07) is 8.48. The molecule has 0 aliphatic heterocycles. The van der Waals surface area contributed by atoms with Gasteiger partial charge in [0.1, 0.15) is 0 Å². The maximum atomic E-state index is 5.59. The molecular weight excluding hydrogens is 411 g/mol. The fourth-order valence-corrected chi connectivity index (χ4v) is 1.86. The Labute approximate surface area is 156 Å². The van der Waals surface area contributed by atoms with E-state index in [0.29, 0.717) is 0 Å². The molecule has 3 nitrogen and oxygen atoms in total. The summed E-state index contributed by atoms with van der Waals surface area (Å²) in [6.45, 7) is 0. The molecule has 0 N–H and O–H groups in total. The zero-order valence-corrected chi connectivity index (χ0v) is 15.0. The molecule has 0 fully saturated rings. The topological polar surface area (TPSA) is 38.7 Å². The van der Waals surface area contributed by atoms with E-state index in [2.05, 4.69) is 45.1 Å². The van der Waals surface area contributed by atoms with Gasteiger partial charge in [0, 0.05) is 0 Å². The van der Waals surface area contributed by atoms with E-state index in [4.69, 9.17) is 76.0 Å². The third kappa shape index (κ3) is 4.29. The van der Waals surface area contributed by atoms with Gasteiger partial charge in [-0.05, 0) is 17.0 Å². The summed E-state index contributed by atoms with van der Waals surface area (Å²) in [5.74, 6) is 1.64. The van der Waals surface area contributed by atoms with Crippen molar-refractivity contribution in [2.45, 2.75) is 7.59 Å². The molecule has 2 aliphatic carbocycles. The molecule has 0 saturated carbocycles. The van der Waals surface area contributed by atoms with E-state index in [0.717, 1.165) is 0 Å². The van der Waals surface area contributed by atoms with E-state index in [1.807, 2.05) is 0 Å². The van der Waals surface area contributed by atoms with Gasteiger partial charge in [0.05, 0.1) is 0 Å². The van der Waals surface area contributed by atoms with E-state index < -0.39 is 7.59 Å². The van der Waals surface area contributed by atoms with Crippen LogP contribution in [0.5, 0.6) is 0 Å². The summed E-state index contributed by atoms with van der Waals surface area (Å²) in [7, 11) is 0. The first kappa shape index (κ1) is 17.9. The van der Waals surface area contributed by atoms with Gasteiger partial charge in [-0.1, -0.05) is 93.9 Å². The molecule has 114 valence electrons. The lowest BCUT2D eigenvalue weighted by Gasteiger charge is -2.13. The summed E-state index contributed by atoms with van der Waals surface area (Å²) in [5, 5.41) is 0. The Bertz CT molecular complexity index is 672. The molecule has 0 radical (unpaired) electrons. The third-order valence-corrected chi connectivity index (χ3v) is 3.50. The normalized spacial score (nSPS) is 12.0. The Morgan fingerprint density at radius 1 is 0.727 bits per heavy atom. The summed E-state index contributed by atoms with van der Waals surface area (Å²) in [4.78, 5) is 11.1. The maximum absolute atomic E-state index is 5.59. The highest BCUT2D eigenvalue weighted by Gasteiger charge is 2.33. The second-order valence-electron chi connectivity index (χ2n) is 4.02. The summed E-state index contributed by atoms with van der Waals surface area (Å²) < 4.78 is -3.75. The first-order valence-electron chi connectivity index (χ1n) is 5.59. The van der Waals surface area contributed by atoms with E-state index in [-0.39, 0.29) is 17.5 Å². The number of halogens is 6. The van der Waals surface area contributed by atoms with Crippen molar-refractivity contribution < 1.29 is 0 Å². The summed E-state index contributed by atoms with van der Waals surface area (Å²) in [5.41, 5.74) is 2.85. The Kier molecular flexibility index (Phi) is 5.34. The van der Waals surface area contributed by atoms with Crippen LogP contribution in [0.15, 0.2) is 24.3 Å². The lowest BCUT2D eigenvalue weighted by atomic mass is 9.95. The molecular formula is C13H5Cl6N3. The molecule has 0 aromatic carbocycles. The number of nitrogens with zero attached hydrogens (tertiary/aromatic N) is 3. The van der Waals surface area contributed by atoms with Crippen LogP contribution in [0.1, 0.15) is 17.5 Å². The molecule has 1 aromatic rings. The van der Waals surface area contributed by atoms with Crippen LogP contribution < -0.4 is 0 Å². The number of alkyl halides is 6. The van der Waals surface area contributed by atoms with Crippen LogP contribution in [0.25, 0.3) is 11.1 Å². The van der Waals surface area contributed by atoms with Crippen LogP contribution >= 0.6 is 69.6 Å². The molecule has 1 heterocycles. The van der Waals surface area contributed by atoms with Gasteiger partial charge in [0.2, 0.25) is 13.4 Å². The zero-order chi connectivity index (χ0) is 16.5. The smallest absolute Gasteiger partial charge is 0.209 e. The van der Waals surface area contributed by atoms with E-state index >= 15 is 0 Å². The van der Waals surface area contributed by atoms with Gasteiger partial charge in [0.15, 0.2) is 11.6 Å². The van der Waals surface area contributed by atoms with Crippen molar-refractivity contribution >= 4 is 69.6 Å². The first-order valence-corrected chi connectivity index (χ1v) is 7.85. The Hall–Kier alpha value is -0.470. The number of hydrogen-bond acceptors (Lipinski definition) is 3. The predicted molar refractivity (Wildman–Crippen MR) is 91.7 cm³/mol. The molecule has 0 amide bonds. The second-order valence-corrected chi connectivity index (χ2v) is 8.59. The first-order chi connectivity index (χ1) is 10.1. The van der Waals surface area contributed by atoms with Crippen molar-refractivity contribution in [2.75, 3.05) is 0 Å². The van der Waals surface area contributed by atoms with E-state index in [1.165, 1.54) is 11.1 Å². The number of fused-ring (bicyclic) bond motifs is 1. The molecule has 0 unspecified atom stereocenters. The lowest BCUT2D eigenvalue weighted by Crippen LogP contribution is -2.17. The van der Waals surface area contributed by atoms with E-state index in [9.17, 15) is 0 Å². The highest BCUT2D eigenvalue weighted by atomic mass is 35.6. The summed E-state index contributed by atoms with van der Waals surface area (Å²) >= 11 is 33.5. The molecule has 0 saturated heterocycles. The van der Waals surface area contributed by atoms with Gasteiger partial charge in [-0.15, -0.1) is 6.42 Å². The fourth-order valence-electron chi connectivity index (χ4n) is 1.36. The molecule has 9 heteroatoms. The molecule has 2 aliphatic rings. The van der Waals surface area contributed by atoms with Gasteiger partial charge < -0.3 is 0 Å². The van der Waals surface area contributed by atoms with Crippen molar-refractivity contribution in [2.24, 2.45) is 0 Å². The fraction of sp³-hybridized carbons (Fsp3) is 0.154. The van der Waals surface area contributed by atoms with Gasteiger partial charge in [-0.25, -0.2) is 15.0 Å². The molecule has 0 spiro atoms. The molecule has 3 rings (SSSR count). The van der Waals surface area contributed by atoms with Crippen molar-refractivity contribution in [3.05, 3.63) is 41.7 Å². The largest absolute Gasteiger partial charge is 0.250 e. The Morgan fingerprint density at radius 2 is 1.09 bits per heavy atom. The van der Waals surface area contributed by atoms with Crippen LogP contribution in [-0.2, 0) is 7.59 Å². The van der Waals surface area contributed by atoms with Crippen LogP contribution in [-0.4, -0.2) is 15.0 Å². The van der Waals surface area contributed by atoms with Crippen LogP contribution in [0.3, 0.4) is 0 Å². The predicted octanol–water partition coefficient (Wildman–Crippen LogP) is 5.17. The van der Waals surface area contributed by atoms with E-state index in [1.54, 1.807) is 0 Å². The van der Waals surface area contributed by atoms with Gasteiger partial charge in [-0.3, -0.25) is 0 Å². The van der Waals surface area contributed by atoms with Gasteiger partial charge >= 0.3 is 0 Å². The number of benzene rings is 1. The Balaban J connectivity index is 0.000000238. The molecule has 1 aromatic heterocycles. The minimum atomic E-state index is -1.88. The summed E-state index contributed by atoms with van der Waals surface area (Å²) in [6.07, 6.45) is 5.11. The number of aromatic nitrogens is 3. The number of terminal acetylenes is 1. The monoisotopic (exact) mass is 413 g/mol. The highest BCUT2D eigenvalue weighted by molar-refractivity contribution is 6.67. The average Bonchev–Trinajstić information content (AvgIpc) is 2.41. The van der Waals surface area contributed by atoms with Gasteiger partial charge in [-0.2, -0.15) is 0 Å². The minimum Gasteiger partial charge on any atom is -0.209 e. The number of rotatable bonds is 0. The minimum absolute atomic E-state index is 0.0855. The Morgan fingerprint density at radius 3 is 1.27 bits per heavy atom.